The number of nitrogens with one attached hydrogen (secondary N) is 2. The number of rotatable bonds is 4. The summed E-state index contributed by atoms with van der Waals surface area (Å²) < 4.78 is 0.994. The van der Waals surface area contributed by atoms with Crippen LogP contribution in [0.5, 0.6) is 0 Å². The van der Waals surface area contributed by atoms with Gasteiger partial charge in [-0.25, -0.2) is 0 Å². The molecule has 0 heterocycles. The van der Waals surface area contributed by atoms with Crippen molar-refractivity contribution in [3.8, 4) is 0 Å². The Kier molecular flexibility index (Phi) is 5.49. The van der Waals surface area contributed by atoms with E-state index in [1.54, 1.807) is 36.4 Å². The highest BCUT2D eigenvalue weighted by atomic mass is 79.9. The van der Waals surface area contributed by atoms with Gasteiger partial charge in [-0.15, -0.1) is 0 Å². The zero-order valence-corrected chi connectivity index (χ0v) is 15.7. The molecule has 26 heavy (non-hydrogen) atoms. The maximum absolute atomic E-state index is 12.4. The number of carbonyl (C=O) groups excluding carboxylic acids is 2. The molecule has 0 fully saturated rings. The van der Waals surface area contributed by atoms with Crippen molar-refractivity contribution >= 4 is 39.1 Å². The highest BCUT2D eigenvalue weighted by molar-refractivity contribution is 9.10. The van der Waals surface area contributed by atoms with Gasteiger partial charge in [-0.2, -0.15) is 0 Å². The van der Waals surface area contributed by atoms with Crippen molar-refractivity contribution < 1.29 is 9.59 Å². The molecule has 4 nitrogen and oxygen atoms in total. The van der Waals surface area contributed by atoms with Gasteiger partial charge in [0.05, 0.1) is 0 Å². The van der Waals surface area contributed by atoms with Crippen molar-refractivity contribution in [3.05, 3.63) is 94.0 Å². The Morgan fingerprint density at radius 3 is 1.88 bits per heavy atom. The highest BCUT2D eigenvalue weighted by Crippen LogP contribution is 2.21. The molecule has 130 valence electrons. The van der Waals surface area contributed by atoms with Gasteiger partial charge in [0.1, 0.15) is 0 Å². The summed E-state index contributed by atoms with van der Waals surface area (Å²) in [6, 6.07) is 21.4. The standard InChI is InChI=1S/C21H17BrN2O2/c1-14-13-18(11-12-19(14)22)24-21(26)16-7-9-17(10-8-16)23-20(25)15-5-3-2-4-6-15/h2-13H,1H3,(H,23,25)(H,24,26). The summed E-state index contributed by atoms with van der Waals surface area (Å²) in [4.78, 5) is 24.5. The van der Waals surface area contributed by atoms with Gasteiger partial charge in [0, 0.05) is 27.0 Å². The van der Waals surface area contributed by atoms with Gasteiger partial charge in [-0.3, -0.25) is 9.59 Å². The summed E-state index contributed by atoms with van der Waals surface area (Å²) in [5.74, 6) is -0.388. The SMILES string of the molecule is Cc1cc(NC(=O)c2ccc(NC(=O)c3ccccc3)cc2)ccc1Br. The molecule has 0 bridgehead atoms. The summed E-state index contributed by atoms with van der Waals surface area (Å²) in [6.07, 6.45) is 0. The van der Waals surface area contributed by atoms with Crippen LogP contribution in [0.2, 0.25) is 0 Å². The Labute approximate surface area is 160 Å². The van der Waals surface area contributed by atoms with E-state index >= 15 is 0 Å². The van der Waals surface area contributed by atoms with Crippen LogP contribution in [0.1, 0.15) is 26.3 Å². The van der Waals surface area contributed by atoms with Crippen LogP contribution in [0.3, 0.4) is 0 Å². The lowest BCUT2D eigenvalue weighted by molar-refractivity contribution is 0.102. The number of amides is 2. The number of halogens is 1. The molecule has 2 N–H and O–H groups in total. The minimum Gasteiger partial charge on any atom is -0.322 e. The number of anilines is 2. The third-order valence-corrected chi connectivity index (χ3v) is 4.75. The lowest BCUT2D eigenvalue weighted by atomic mass is 10.1. The second-order valence-corrected chi connectivity index (χ2v) is 6.67. The van der Waals surface area contributed by atoms with Gasteiger partial charge in [0.25, 0.3) is 11.8 Å². The predicted molar refractivity (Wildman–Crippen MR) is 108 cm³/mol. The molecule has 0 aromatic heterocycles. The molecular formula is C21H17BrN2O2. The van der Waals surface area contributed by atoms with Crippen molar-refractivity contribution in [1.29, 1.82) is 0 Å². The summed E-state index contributed by atoms with van der Waals surface area (Å²) in [7, 11) is 0. The Morgan fingerprint density at radius 2 is 1.27 bits per heavy atom. The first kappa shape index (κ1) is 17.9. The van der Waals surface area contributed by atoms with Gasteiger partial charge in [0.15, 0.2) is 0 Å². The fraction of sp³-hybridized carbons (Fsp3) is 0.0476. The Balaban J connectivity index is 1.66. The number of hydrogen-bond donors (Lipinski definition) is 2. The van der Waals surface area contributed by atoms with E-state index in [2.05, 4.69) is 26.6 Å². The fourth-order valence-electron chi connectivity index (χ4n) is 2.42. The van der Waals surface area contributed by atoms with Crippen molar-refractivity contribution in [2.75, 3.05) is 10.6 Å². The lowest BCUT2D eigenvalue weighted by Gasteiger charge is -2.09. The minimum atomic E-state index is -0.201. The summed E-state index contributed by atoms with van der Waals surface area (Å²) in [5.41, 5.74) is 3.51. The van der Waals surface area contributed by atoms with Crippen LogP contribution in [-0.2, 0) is 0 Å². The molecule has 3 aromatic rings. The topological polar surface area (TPSA) is 58.2 Å². The van der Waals surface area contributed by atoms with E-state index in [1.165, 1.54) is 0 Å². The van der Waals surface area contributed by atoms with Crippen LogP contribution in [0.25, 0.3) is 0 Å². The Hall–Kier alpha value is -2.92. The van der Waals surface area contributed by atoms with Crippen LogP contribution in [0, 0.1) is 6.92 Å². The molecule has 0 saturated heterocycles. The van der Waals surface area contributed by atoms with Gasteiger partial charge in [0.2, 0.25) is 0 Å². The largest absolute Gasteiger partial charge is 0.322 e. The first-order valence-electron chi connectivity index (χ1n) is 8.07. The van der Waals surface area contributed by atoms with E-state index in [4.69, 9.17) is 0 Å². The quantitative estimate of drug-likeness (QED) is 0.618. The van der Waals surface area contributed by atoms with Crippen molar-refractivity contribution in [3.63, 3.8) is 0 Å². The van der Waals surface area contributed by atoms with E-state index in [0.717, 1.165) is 15.7 Å². The minimum absolute atomic E-state index is 0.187. The average molecular weight is 409 g/mol. The second-order valence-electron chi connectivity index (χ2n) is 5.82. The summed E-state index contributed by atoms with van der Waals surface area (Å²) in [5, 5.41) is 5.68. The van der Waals surface area contributed by atoms with Crippen LogP contribution < -0.4 is 10.6 Å². The normalized spacial score (nSPS) is 10.2. The molecule has 0 spiro atoms. The first-order valence-corrected chi connectivity index (χ1v) is 8.86. The predicted octanol–water partition coefficient (Wildman–Crippen LogP) is 5.26. The molecule has 0 radical (unpaired) electrons. The van der Waals surface area contributed by atoms with Crippen molar-refractivity contribution in [2.24, 2.45) is 0 Å². The number of benzene rings is 3. The summed E-state index contributed by atoms with van der Waals surface area (Å²) in [6.45, 7) is 1.96. The zero-order valence-electron chi connectivity index (χ0n) is 14.1. The van der Waals surface area contributed by atoms with Crippen LogP contribution in [-0.4, -0.2) is 11.8 Å². The van der Waals surface area contributed by atoms with E-state index in [-0.39, 0.29) is 11.8 Å². The summed E-state index contributed by atoms with van der Waals surface area (Å²) >= 11 is 3.44. The monoisotopic (exact) mass is 408 g/mol. The van der Waals surface area contributed by atoms with Crippen LogP contribution in [0.4, 0.5) is 11.4 Å². The second kappa shape index (κ2) is 7.97. The molecule has 0 aliphatic carbocycles. The highest BCUT2D eigenvalue weighted by Gasteiger charge is 2.09. The van der Waals surface area contributed by atoms with E-state index in [9.17, 15) is 9.59 Å². The number of aryl methyl sites for hydroxylation is 1. The molecule has 2 amide bonds. The average Bonchev–Trinajstić information content (AvgIpc) is 2.66. The fourth-order valence-corrected chi connectivity index (χ4v) is 2.67. The molecule has 0 atom stereocenters. The molecular weight excluding hydrogens is 392 g/mol. The van der Waals surface area contributed by atoms with Gasteiger partial charge < -0.3 is 10.6 Å². The lowest BCUT2D eigenvalue weighted by Crippen LogP contribution is -2.13. The van der Waals surface area contributed by atoms with Crippen LogP contribution >= 0.6 is 15.9 Å². The maximum atomic E-state index is 12.4. The third kappa shape index (κ3) is 4.37. The molecule has 3 rings (SSSR count). The number of hydrogen-bond acceptors (Lipinski definition) is 2. The van der Waals surface area contributed by atoms with Gasteiger partial charge >= 0.3 is 0 Å². The first-order chi connectivity index (χ1) is 12.5. The maximum Gasteiger partial charge on any atom is 0.255 e. The van der Waals surface area contributed by atoms with Crippen LogP contribution in [0.15, 0.2) is 77.3 Å². The van der Waals surface area contributed by atoms with Crippen molar-refractivity contribution in [1.82, 2.24) is 0 Å². The zero-order chi connectivity index (χ0) is 18.5. The molecule has 0 saturated carbocycles. The third-order valence-electron chi connectivity index (χ3n) is 3.86. The van der Waals surface area contributed by atoms with Gasteiger partial charge in [-0.05, 0) is 67.1 Å². The molecule has 5 heteroatoms. The molecule has 0 aliphatic heterocycles. The number of carbonyl (C=O) groups is 2. The van der Waals surface area contributed by atoms with Gasteiger partial charge in [-0.1, -0.05) is 34.1 Å². The molecule has 0 aliphatic rings. The Bertz CT molecular complexity index is 938. The Morgan fingerprint density at radius 1 is 0.731 bits per heavy atom. The van der Waals surface area contributed by atoms with Crippen molar-refractivity contribution in [2.45, 2.75) is 6.92 Å². The smallest absolute Gasteiger partial charge is 0.255 e. The molecule has 0 unspecified atom stereocenters. The van der Waals surface area contributed by atoms with E-state index < -0.39 is 0 Å². The van der Waals surface area contributed by atoms with E-state index in [1.807, 2.05) is 43.3 Å². The van der Waals surface area contributed by atoms with E-state index in [0.29, 0.717) is 16.8 Å². The molecule has 3 aromatic carbocycles.